The average molecular weight is 324 g/mol. The van der Waals surface area contributed by atoms with Gasteiger partial charge in [0.15, 0.2) is 0 Å². The van der Waals surface area contributed by atoms with E-state index in [-0.39, 0.29) is 17.7 Å². The zero-order valence-corrected chi connectivity index (χ0v) is 14.3. The Morgan fingerprint density at radius 1 is 1.45 bits per heavy atom. The number of rotatable bonds is 4. The van der Waals surface area contributed by atoms with Crippen molar-refractivity contribution >= 4 is 23.2 Å². The van der Waals surface area contributed by atoms with Gasteiger partial charge in [-0.15, -0.1) is 11.3 Å². The molecule has 1 aromatic rings. The van der Waals surface area contributed by atoms with E-state index >= 15 is 0 Å². The van der Waals surface area contributed by atoms with E-state index in [0.717, 1.165) is 30.0 Å². The molecular weight excluding hydrogens is 300 g/mol. The van der Waals surface area contributed by atoms with E-state index < -0.39 is 5.97 Å². The highest BCUT2D eigenvalue weighted by molar-refractivity contribution is 7.11. The molecule has 1 fully saturated rings. The van der Waals surface area contributed by atoms with E-state index in [1.54, 1.807) is 5.51 Å². The smallest absolute Gasteiger partial charge is 0.303 e. The fourth-order valence-corrected chi connectivity index (χ4v) is 3.85. The second-order valence-electron chi connectivity index (χ2n) is 6.97. The van der Waals surface area contributed by atoms with Crippen molar-refractivity contribution in [1.29, 1.82) is 0 Å². The van der Waals surface area contributed by atoms with Crippen molar-refractivity contribution in [3.8, 4) is 0 Å². The summed E-state index contributed by atoms with van der Waals surface area (Å²) in [6.07, 6.45) is 2.78. The third kappa shape index (κ3) is 4.06. The molecule has 0 unspecified atom stereocenters. The molecule has 5 nitrogen and oxygen atoms in total. The lowest BCUT2D eigenvalue weighted by molar-refractivity contribution is -0.137. The topological polar surface area (TPSA) is 70.5 Å². The van der Waals surface area contributed by atoms with Crippen molar-refractivity contribution < 1.29 is 14.7 Å². The van der Waals surface area contributed by atoms with Crippen LogP contribution >= 0.6 is 11.3 Å². The van der Waals surface area contributed by atoms with Crippen molar-refractivity contribution in [3.63, 3.8) is 0 Å². The molecule has 0 aromatic carbocycles. The monoisotopic (exact) mass is 324 g/mol. The van der Waals surface area contributed by atoms with Crippen LogP contribution in [-0.2, 0) is 10.2 Å². The fourth-order valence-electron chi connectivity index (χ4n) is 2.89. The highest BCUT2D eigenvalue weighted by Crippen LogP contribution is 2.30. The number of hydrogen-bond acceptors (Lipinski definition) is 4. The number of aliphatic carboxylic acids is 1. The summed E-state index contributed by atoms with van der Waals surface area (Å²) in [5, 5.41) is 8.81. The largest absolute Gasteiger partial charge is 0.481 e. The van der Waals surface area contributed by atoms with Gasteiger partial charge >= 0.3 is 5.97 Å². The summed E-state index contributed by atoms with van der Waals surface area (Å²) in [5.74, 6) is -0.423. The molecule has 2 heterocycles. The summed E-state index contributed by atoms with van der Waals surface area (Å²) in [7, 11) is 0. The van der Waals surface area contributed by atoms with Gasteiger partial charge in [0, 0.05) is 24.9 Å². The van der Waals surface area contributed by atoms with Gasteiger partial charge in [-0.25, -0.2) is 4.98 Å². The van der Waals surface area contributed by atoms with E-state index in [1.165, 1.54) is 11.3 Å². The lowest BCUT2D eigenvalue weighted by Gasteiger charge is -2.33. The number of aromatic nitrogens is 1. The summed E-state index contributed by atoms with van der Waals surface area (Å²) in [6, 6.07) is 0. The van der Waals surface area contributed by atoms with Gasteiger partial charge in [-0.1, -0.05) is 20.8 Å². The molecule has 22 heavy (non-hydrogen) atoms. The second-order valence-corrected chi connectivity index (χ2v) is 7.83. The molecule has 1 amide bonds. The minimum absolute atomic E-state index is 0.0486. The van der Waals surface area contributed by atoms with Crippen LogP contribution in [-0.4, -0.2) is 40.0 Å². The molecule has 0 spiro atoms. The van der Waals surface area contributed by atoms with Gasteiger partial charge < -0.3 is 10.0 Å². The number of nitrogens with zero attached hydrogens (tertiary/aromatic N) is 2. The molecule has 1 aliphatic rings. The summed E-state index contributed by atoms with van der Waals surface area (Å²) in [4.78, 5) is 30.5. The molecule has 0 radical (unpaired) electrons. The highest BCUT2D eigenvalue weighted by Gasteiger charge is 2.30. The van der Waals surface area contributed by atoms with Crippen LogP contribution in [0.4, 0.5) is 0 Å². The number of carboxylic acid groups (broad SMARTS) is 1. The summed E-state index contributed by atoms with van der Waals surface area (Å²) in [5.41, 5.74) is 2.44. The van der Waals surface area contributed by atoms with Crippen molar-refractivity contribution in [2.24, 2.45) is 5.92 Å². The zero-order chi connectivity index (χ0) is 16.3. The van der Waals surface area contributed by atoms with Crippen LogP contribution in [0, 0.1) is 5.92 Å². The van der Waals surface area contributed by atoms with Crippen LogP contribution in [0.5, 0.6) is 0 Å². The van der Waals surface area contributed by atoms with E-state index in [2.05, 4.69) is 25.8 Å². The Labute approximate surface area is 135 Å². The first-order valence-electron chi connectivity index (χ1n) is 7.74. The van der Waals surface area contributed by atoms with Crippen LogP contribution < -0.4 is 0 Å². The number of carbonyl (C=O) groups is 2. The number of piperidine rings is 1. The van der Waals surface area contributed by atoms with Crippen molar-refractivity contribution in [1.82, 2.24) is 9.88 Å². The maximum absolute atomic E-state index is 12.8. The highest BCUT2D eigenvalue weighted by atomic mass is 32.1. The second kappa shape index (κ2) is 6.77. The molecule has 1 aliphatic heterocycles. The van der Waals surface area contributed by atoms with Crippen molar-refractivity contribution in [3.05, 3.63) is 16.1 Å². The van der Waals surface area contributed by atoms with E-state index in [9.17, 15) is 9.59 Å². The Morgan fingerprint density at radius 2 is 2.18 bits per heavy atom. The Bertz CT molecular complexity index is 548. The average Bonchev–Trinajstić information content (AvgIpc) is 2.94. The number of likely N-dealkylation sites (tertiary alicyclic amines) is 1. The number of amides is 1. The van der Waals surface area contributed by atoms with Gasteiger partial charge in [-0.3, -0.25) is 9.59 Å². The van der Waals surface area contributed by atoms with E-state index in [1.807, 2.05) is 4.90 Å². The third-order valence-electron chi connectivity index (χ3n) is 4.04. The summed E-state index contributed by atoms with van der Waals surface area (Å²) >= 11 is 1.40. The van der Waals surface area contributed by atoms with Gasteiger partial charge in [-0.2, -0.15) is 0 Å². The van der Waals surface area contributed by atoms with Crippen LogP contribution in [0.2, 0.25) is 0 Å². The Balaban J connectivity index is 2.06. The Morgan fingerprint density at radius 3 is 2.82 bits per heavy atom. The maximum Gasteiger partial charge on any atom is 0.303 e. The van der Waals surface area contributed by atoms with Crippen LogP contribution in [0.15, 0.2) is 5.51 Å². The zero-order valence-electron chi connectivity index (χ0n) is 13.5. The first kappa shape index (κ1) is 16.9. The van der Waals surface area contributed by atoms with Gasteiger partial charge in [0.25, 0.3) is 5.91 Å². The van der Waals surface area contributed by atoms with Crippen LogP contribution in [0.3, 0.4) is 0 Å². The van der Waals surface area contributed by atoms with E-state index in [0.29, 0.717) is 18.9 Å². The predicted octanol–water partition coefficient (Wildman–Crippen LogP) is 3.16. The minimum atomic E-state index is -0.763. The molecule has 1 saturated heterocycles. The maximum atomic E-state index is 12.8. The van der Waals surface area contributed by atoms with Crippen LogP contribution in [0.1, 0.15) is 61.8 Å². The molecule has 1 atom stereocenters. The normalized spacial score (nSPS) is 19.2. The van der Waals surface area contributed by atoms with Gasteiger partial charge in [-0.05, 0) is 25.2 Å². The first-order chi connectivity index (χ1) is 10.3. The predicted molar refractivity (Wildman–Crippen MR) is 86.3 cm³/mol. The molecule has 6 heteroatoms. The molecule has 2 rings (SSSR count). The molecule has 1 N–H and O–H groups in total. The molecule has 122 valence electrons. The fraction of sp³-hybridized carbons (Fsp3) is 0.688. The molecule has 0 saturated carbocycles. The number of carboxylic acids is 1. The third-order valence-corrected chi connectivity index (χ3v) is 4.86. The van der Waals surface area contributed by atoms with Crippen molar-refractivity contribution in [2.75, 3.05) is 13.1 Å². The van der Waals surface area contributed by atoms with Crippen LogP contribution in [0.25, 0.3) is 0 Å². The summed E-state index contributed by atoms with van der Waals surface area (Å²) < 4.78 is 0. The Kier molecular flexibility index (Phi) is 5.21. The van der Waals surface area contributed by atoms with Gasteiger partial charge in [0.1, 0.15) is 4.88 Å². The van der Waals surface area contributed by atoms with Crippen molar-refractivity contribution in [2.45, 2.75) is 51.9 Å². The first-order valence-corrected chi connectivity index (χ1v) is 8.62. The minimum Gasteiger partial charge on any atom is -0.481 e. The SMILES string of the molecule is CC(C)(C)c1ncsc1C(=O)N1CCC[C@H](CCC(=O)O)C1. The quantitative estimate of drug-likeness (QED) is 0.923. The lowest BCUT2D eigenvalue weighted by atomic mass is 9.90. The standard InChI is InChI=1S/C16H24N2O3S/c1-16(2,3)14-13(22-10-17-14)15(21)18-8-4-5-11(9-18)6-7-12(19)20/h10-11H,4-9H2,1-3H3,(H,19,20)/t11-/m1/s1. The number of carbonyl (C=O) groups excluding carboxylic acids is 1. The number of hydrogen-bond donors (Lipinski definition) is 1. The molecule has 0 bridgehead atoms. The van der Waals surface area contributed by atoms with E-state index in [4.69, 9.17) is 5.11 Å². The lowest BCUT2D eigenvalue weighted by Crippen LogP contribution is -2.40. The molecule has 1 aromatic heterocycles. The Hall–Kier alpha value is -1.43. The number of thiazole rings is 1. The van der Waals surface area contributed by atoms with Gasteiger partial charge in [0.2, 0.25) is 0 Å². The molecule has 0 aliphatic carbocycles. The molecular formula is C16H24N2O3S. The van der Waals surface area contributed by atoms with Gasteiger partial charge in [0.05, 0.1) is 11.2 Å². The summed E-state index contributed by atoms with van der Waals surface area (Å²) in [6.45, 7) is 7.59.